The molecule has 0 spiro atoms. The predicted octanol–water partition coefficient (Wildman–Crippen LogP) is 3.90. The number of phenolic OH excluding ortho intramolecular Hbond substituents is 1. The van der Waals surface area contributed by atoms with Crippen molar-refractivity contribution in [2.45, 2.75) is 6.42 Å². The minimum absolute atomic E-state index is 0.162. The van der Waals surface area contributed by atoms with E-state index < -0.39 is 0 Å². The molecular formula is C17H13ClO3. The van der Waals surface area contributed by atoms with Crippen LogP contribution in [-0.4, -0.2) is 16.7 Å². The normalized spacial score (nSPS) is 10.7. The Balaban J connectivity index is 1.98. The first-order chi connectivity index (χ1) is 10.0. The Morgan fingerprint density at radius 2 is 1.81 bits per heavy atom. The Morgan fingerprint density at radius 3 is 2.48 bits per heavy atom. The lowest BCUT2D eigenvalue weighted by Gasteiger charge is -1.99. The first-order valence-corrected chi connectivity index (χ1v) is 6.71. The van der Waals surface area contributed by atoms with Gasteiger partial charge in [0.1, 0.15) is 5.75 Å². The van der Waals surface area contributed by atoms with E-state index in [4.69, 9.17) is 16.7 Å². The summed E-state index contributed by atoms with van der Waals surface area (Å²) >= 11 is 5.81. The van der Waals surface area contributed by atoms with E-state index in [0.717, 1.165) is 5.56 Å². The minimum atomic E-state index is -0.284. The Morgan fingerprint density at radius 1 is 1.10 bits per heavy atom. The number of benzene rings is 2. The second-order valence-electron chi connectivity index (χ2n) is 4.50. The lowest BCUT2D eigenvalue weighted by atomic mass is 10.1. The molecule has 0 amide bonds. The Hall–Kier alpha value is -2.39. The lowest BCUT2D eigenvalue weighted by Crippen LogP contribution is -2.05. The maximum atomic E-state index is 11.9. The Kier molecular flexibility index (Phi) is 4.90. The molecule has 106 valence electrons. The highest BCUT2D eigenvalue weighted by molar-refractivity contribution is 6.31. The van der Waals surface area contributed by atoms with E-state index in [2.05, 4.69) is 0 Å². The van der Waals surface area contributed by atoms with Crippen LogP contribution in [-0.2, 0) is 4.79 Å². The number of allylic oxidation sites excluding steroid dienone is 1. The van der Waals surface area contributed by atoms with Gasteiger partial charge < -0.3 is 5.11 Å². The maximum Gasteiger partial charge on any atom is 0.170 e. The van der Waals surface area contributed by atoms with Crippen molar-refractivity contribution in [3.63, 3.8) is 0 Å². The average Bonchev–Trinajstić information content (AvgIpc) is 2.46. The number of carbonyl (C=O) groups is 2. The molecule has 0 saturated carbocycles. The summed E-state index contributed by atoms with van der Waals surface area (Å²) in [5.74, 6) is -0.388. The number of halogens is 1. The molecule has 3 nitrogen and oxygen atoms in total. The SMILES string of the molecule is O=C(/C=C/c1ccc(O)cc1)CC(=O)c1cccc(Cl)c1. The van der Waals surface area contributed by atoms with E-state index >= 15 is 0 Å². The van der Waals surface area contributed by atoms with E-state index in [1.54, 1.807) is 42.5 Å². The third-order valence-corrected chi connectivity index (χ3v) is 3.07. The molecule has 0 bridgehead atoms. The van der Waals surface area contributed by atoms with Crippen LogP contribution in [0, 0.1) is 0 Å². The van der Waals surface area contributed by atoms with Gasteiger partial charge in [0.05, 0.1) is 6.42 Å². The largest absolute Gasteiger partial charge is 0.508 e. The van der Waals surface area contributed by atoms with Gasteiger partial charge in [0.2, 0.25) is 0 Å². The predicted molar refractivity (Wildman–Crippen MR) is 82.5 cm³/mol. The van der Waals surface area contributed by atoms with E-state index in [-0.39, 0.29) is 23.7 Å². The third kappa shape index (κ3) is 4.58. The second kappa shape index (κ2) is 6.86. The molecule has 2 aromatic carbocycles. The summed E-state index contributed by atoms with van der Waals surface area (Å²) in [6.07, 6.45) is 2.76. The average molecular weight is 301 g/mol. The van der Waals surface area contributed by atoms with Crippen LogP contribution in [0.15, 0.2) is 54.6 Å². The van der Waals surface area contributed by atoms with E-state index in [1.165, 1.54) is 18.2 Å². The van der Waals surface area contributed by atoms with E-state index in [1.807, 2.05) is 0 Å². The van der Waals surface area contributed by atoms with E-state index in [0.29, 0.717) is 10.6 Å². The van der Waals surface area contributed by atoms with Crippen molar-refractivity contribution >= 4 is 29.2 Å². The standard InChI is InChI=1S/C17H13ClO3/c18-14-3-1-2-13(10-14)17(21)11-16(20)9-6-12-4-7-15(19)8-5-12/h1-10,19H,11H2/b9-6+. The van der Waals surface area contributed by atoms with Gasteiger partial charge in [-0.2, -0.15) is 0 Å². The van der Waals surface area contributed by atoms with Crippen LogP contribution in [0.3, 0.4) is 0 Å². The molecule has 0 fully saturated rings. The highest BCUT2D eigenvalue weighted by Crippen LogP contribution is 2.13. The Bertz CT molecular complexity index is 687. The van der Waals surface area contributed by atoms with Crippen molar-refractivity contribution < 1.29 is 14.7 Å². The fraction of sp³-hybridized carbons (Fsp3) is 0.0588. The van der Waals surface area contributed by atoms with Crippen LogP contribution in [0.4, 0.5) is 0 Å². The first kappa shape index (κ1) is 15.0. The highest BCUT2D eigenvalue weighted by Gasteiger charge is 2.10. The quantitative estimate of drug-likeness (QED) is 0.517. The molecular weight excluding hydrogens is 288 g/mol. The van der Waals surface area contributed by atoms with Gasteiger partial charge in [0.25, 0.3) is 0 Å². The first-order valence-electron chi connectivity index (χ1n) is 6.33. The molecule has 0 aliphatic carbocycles. The molecule has 21 heavy (non-hydrogen) atoms. The zero-order chi connectivity index (χ0) is 15.2. The summed E-state index contributed by atoms with van der Waals surface area (Å²) in [6.45, 7) is 0. The van der Waals surface area contributed by atoms with Gasteiger partial charge in [0, 0.05) is 10.6 Å². The molecule has 2 aromatic rings. The zero-order valence-electron chi connectivity index (χ0n) is 11.1. The van der Waals surface area contributed by atoms with Crippen molar-refractivity contribution in [1.29, 1.82) is 0 Å². The third-order valence-electron chi connectivity index (χ3n) is 2.84. The van der Waals surface area contributed by atoms with Crippen molar-refractivity contribution in [2.75, 3.05) is 0 Å². The minimum Gasteiger partial charge on any atom is -0.508 e. The van der Waals surface area contributed by atoms with Crippen LogP contribution in [0.5, 0.6) is 5.75 Å². The molecule has 0 aliphatic heterocycles. The molecule has 0 aliphatic rings. The molecule has 0 radical (unpaired) electrons. The van der Waals surface area contributed by atoms with Crippen molar-refractivity contribution in [3.05, 3.63) is 70.8 Å². The van der Waals surface area contributed by atoms with Crippen LogP contribution >= 0.6 is 11.6 Å². The Labute approximate surface area is 127 Å². The number of hydrogen-bond donors (Lipinski definition) is 1. The van der Waals surface area contributed by atoms with Gasteiger partial charge in [-0.3, -0.25) is 9.59 Å². The number of Topliss-reactive ketones (excluding diaryl/α,β-unsaturated/α-hetero) is 1. The molecule has 0 heterocycles. The van der Waals surface area contributed by atoms with Crippen molar-refractivity contribution in [1.82, 2.24) is 0 Å². The number of hydrogen-bond acceptors (Lipinski definition) is 3. The van der Waals surface area contributed by atoms with Gasteiger partial charge in [-0.05, 0) is 35.9 Å². The lowest BCUT2D eigenvalue weighted by molar-refractivity contribution is -0.113. The summed E-state index contributed by atoms with van der Waals surface area (Å²) < 4.78 is 0. The summed E-state index contributed by atoms with van der Waals surface area (Å²) in [5, 5.41) is 9.62. The summed E-state index contributed by atoms with van der Waals surface area (Å²) in [5.41, 5.74) is 1.20. The number of rotatable bonds is 5. The summed E-state index contributed by atoms with van der Waals surface area (Å²) in [7, 11) is 0. The highest BCUT2D eigenvalue weighted by atomic mass is 35.5. The summed E-state index contributed by atoms with van der Waals surface area (Å²) in [6, 6.07) is 12.9. The van der Waals surface area contributed by atoms with E-state index in [9.17, 15) is 9.59 Å². The summed E-state index contributed by atoms with van der Waals surface area (Å²) in [4.78, 5) is 23.7. The molecule has 0 aromatic heterocycles. The smallest absolute Gasteiger partial charge is 0.170 e. The fourth-order valence-electron chi connectivity index (χ4n) is 1.76. The molecule has 0 saturated heterocycles. The number of phenols is 1. The number of aromatic hydroxyl groups is 1. The van der Waals surface area contributed by atoms with Gasteiger partial charge in [0.15, 0.2) is 11.6 Å². The van der Waals surface area contributed by atoms with Crippen molar-refractivity contribution in [2.24, 2.45) is 0 Å². The fourth-order valence-corrected chi connectivity index (χ4v) is 1.95. The van der Waals surface area contributed by atoms with Gasteiger partial charge in [-0.15, -0.1) is 0 Å². The molecule has 2 rings (SSSR count). The van der Waals surface area contributed by atoms with Crippen LogP contribution in [0.2, 0.25) is 5.02 Å². The molecule has 1 N–H and O–H groups in total. The molecule has 4 heteroatoms. The number of carbonyl (C=O) groups excluding carboxylic acids is 2. The van der Waals surface area contributed by atoms with Gasteiger partial charge in [-0.1, -0.05) is 41.9 Å². The van der Waals surface area contributed by atoms with Crippen LogP contribution in [0.25, 0.3) is 6.08 Å². The second-order valence-corrected chi connectivity index (χ2v) is 4.94. The van der Waals surface area contributed by atoms with Gasteiger partial charge in [-0.25, -0.2) is 0 Å². The topological polar surface area (TPSA) is 54.4 Å². The molecule has 0 atom stereocenters. The monoisotopic (exact) mass is 300 g/mol. The molecule has 0 unspecified atom stereocenters. The van der Waals surface area contributed by atoms with Crippen LogP contribution in [0.1, 0.15) is 22.3 Å². The zero-order valence-corrected chi connectivity index (χ0v) is 11.9. The number of ketones is 2. The van der Waals surface area contributed by atoms with Gasteiger partial charge >= 0.3 is 0 Å². The van der Waals surface area contributed by atoms with Crippen molar-refractivity contribution in [3.8, 4) is 5.75 Å². The maximum absolute atomic E-state index is 11.9. The van der Waals surface area contributed by atoms with Crippen LogP contribution < -0.4 is 0 Å².